The molecule has 0 aliphatic heterocycles. The summed E-state index contributed by atoms with van der Waals surface area (Å²) in [5.74, 6) is 0.221. The number of rotatable bonds is 6. The number of nitrogens with two attached hydrogens (primary N) is 1. The molecule has 0 unspecified atom stereocenters. The monoisotopic (exact) mass is 292 g/mol. The average Bonchev–Trinajstić information content (AvgIpc) is 2.94. The van der Waals surface area contributed by atoms with Crippen LogP contribution >= 0.6 is 11.3 Å². The number of carbonyl (C=O) groups is 1. The zero-order valence-corrected chi connectivity index (χ0v) is 12.3. The van der Waals surface area contributed by atoms with E-state index in [9.17, 15) is 4.79 Å². The number of carbonyl (C=O) groups excluding carboxylic acids is 1. The van der Waals surface area contributed by atoms with Gasteiger partial charge in [0.1, 0.15) is 10.7 Å². The Hall–Kier alpha value is -1.56. The Labute approximate surface area is 122 Å². The number of nitrogens with one attached hydrogen (secondary N) is 2. The van der Waals surface area contributed by atoms with Crippen LogP contribution in [0.15, 0.2) is 11.6 Å². The first-order valence-electron chi connectivity index (χ1n) is 7.21. The van der Waals surface area contributed by atoms with Crippen molar-refractivity contribution in [3.8, 4) is 0 Å². The molecule has 3 rings (SSSR count). The summed E-state index contributed by atoms with van der Waals surface area (Å²) in [6.45, 7) is 0.674. The molecule has 0 aromatic carbocycles. The molecule has 0 bridgehead atoms. The van der Waals surface area contributed by atoms with Crippen LogP contribution in [0.1, 0.15) is 48.2 Å². The topological polar surface area (TPSA) is 80.0 Å². The molecule has 1 heterocycles. The molecular weight excluding hydrogens is 272 g/mol. The van der Waals surface area contributed by atoms with Gasteiger partial charge in [-0.25, -0.2) is 4.98 Å². The highest BCUT2D eigenvalue weighted by Gasteiger charge is 2.24. The normalized spacial score (nSPS) is 17.9. The summed E-state index contributed by atoms with van der Waals surface area (Å²) in [5.41, 5.74) is 7.28. The fourth-order valence-electron chi connectivity index (χ4n) is 2.34. The van der Waals surface area contributed by atoms with Crippen LogP contribution < -0.4 is 16.4 Å². The third kappa shape index (κ3) is 3.30. The van der Waals surface area contributed by atoms with Crippen LogP contribution in [0.5, 0.6) is 0 Å². The van der Waals surface area contributed by atoms with E-state index in [1.54, 1.807) is 0 Å². The molecule has 0 spiro atoms. The second-order valence-electron chi connectivity index (χ2n) is 5.41. The molecule has 20 heavy (non-hydrogen) atoms. The minimum Gasteiger partial charge on any atom is -0.382 e. The summed E-state index contributed by atoms with van der Waals surface area (Å²) in [7, 11) is 0. The number of nitrogens with zero attached hydrogens (tertiary/aromatic N) is 1. The van der Waals surface area contributed by atoms with Gasteiger partial charge in [0.2, 0.25) is 0 Å². The first-order chi connectivity index (χ1) is 9.72. The molecule has 1 saturated carbocycles. The Kier molecular flexibility index (Phi) is 3.91. The van der Waals surface area contributed by atoms with Gasteiger partial charge in [0.05, 0.1) is 0 Å². The Balaban J connectivity index is 1.51. The van der Waals surface area contributed by atoms with E-state index in [-0.39, 0.29) is 5.91 Å². The van der Waals surface area contributed by atoms with E-state index in [0.29, 0.717) is 23.3 Å². The van der Waals surface area contributed by atoms with Gasteiger partial charge in [-0.2, -0.15) is 0 Å². The molecular formula is C14H20N4OS. The lowest BCUT2D eigenvalue weighted by atomic mass is 10.2. The first-order valence-corrected chi connectivity index (χ1v) is 8.03. The van der Waals surface area contributed by atoms with Crippen molar-refractivity contribution < 1.29 is 4.79 Å². The fourth-order valence-corrected chi connectivity index (χ4v) is 3.22. The summed E-state index contributed by atoms with van der Waals surface area (Å²) >= 11 is 1.34. The lowest BCUT2D eigenvalue weighted by molar-refractivity contribution is 0.0959. The second-order valence-corrected chi connectivity index (χ2v) is 6.41. The maximum atomic E-state index is 12.1. The molecule has 5 nitrogen and oxygen atoms in total. The molecule has 2 aliphatic rings. The Bertz CT molecular complexity index is 533. The molecule has 108 valence electrons. The van der Waals surface area contributed by atoms with Crippen LogP contribution in [-0.2, 0) is 0 Å². The van der Waals surface area contributed by atoms with Gasteiger partial charge in [-0.15, -0.1) is 0 Å². The van der Waals surface area contributed by atoms with Crippen LogP contribution in [-0.4, -0.2) is 23.5 Å². The second kappa shape index (κ2) is 5.83. The quantitative estimate of drug-likeness (QED) is 0.704. The van der Waals surface area contributed by atoms with Gasteiger partial charge in [0.25, 0.3) is 5.91 Å². The summed E-state index contributed by atoms with van der Waals surface area (Å²) in [4.78, 5) is 16.8. The average molecular weight is 292 g/mol. The predicted octanol–water partition coefficient (Wildman–Crippen LogP) is 2.53. The van der Waals surface area contributed by atoms with Crippen LogP contribution in [0.3, 0.4) is 0 Å². The van der Waals surface area contributed by atoms with Gasteiger partial charge < -0.3 is 16.4 Å². The van der Waals surface area contributed by atoms with Gasteiger partial charge in [-0.3, -0.25) is 4.79 Å². The number of nitrogen functional groups attached to an aromatic ring is 1. The lowest BCUT2D eigenvalue weighted by Gasteiger charge is -2.04. The number of amides is 1. The van der Waals surface area contributed by atoms with E-state index in [0.717, 1.165) is 11.6 Å². The van der Waals surface area contributed by atoms with Crippen molar-refractivity contribution in [1.29, 1.82) is 0 Å². The molecule has 1 aromatic heterocycles. The van der Waals surface area contributed by atoms with Gasteiger partial charge >= 0.3 is 0 Å². The zero-order valence-electron chi connectivity index (χ0n) is 11.4. The Morgan fingerprint density at radius 3 is 3.05 bits per heavy atom. The van der Waals surface area contributed by atoms with E-state index in [1.807, 2.05) is 0 Å². The van der Waals surface area contributed by atoms with E-state index in [1.165, 1.54) is 49.0 Å². The molecule has 2 aliphatic carbocycles. The SMILES string of the molecule is Nc1nc(NC2CC2)sc1C(=O)NCCC1=CCCC1. The van der Waals surface area contributed by atoms with Crippen molar-refractivity contribution >= 4 is 28.2 Å². The van der Waals surface area contributed by atoms with Crippen LogP contribution in [0, 0.1) is 0 Å². The molecule has 1 aromatic rings. The van der Waals surface area contributed by atoms with Crippen LogP contribution in [0.2, 0.25) is 0 Å². The van der Waals surface area contributed by atoms with Crippen molar-refractivity contribution in [3.63, 3.8) is 0 Å². The zero-order chi connectivity index (χ0) is 13.9. The van der Waals surface area contributed by atoms with Crippen molar-refractivity contribution in [2.75, 3.05) is 17.6 Å². The van der Waals surface area contributed by atoms with Crippen molar-refractivity contribution in [1.82, 2.24) is 10.3 Å². The summed E-state index contributed by atoms with van der Waals surface area (Å²) < 4.78 is 0. The van der Waals surface area contributed by atoms with Gasteiger partial charge in [0.15, 0.2) is 5.13 Å². The van der Waals surface area contributed by atoms with Gasteiger partial charge in [-0.05, 0) is 38.5 Å². The van der Waals surface area contributed by atoms with Crippen molar-refractivity contribution in [3.05, 3.63) is 16.5 Å². The highest BCUT2D eigenvalue weighted by atomic mass is 32.1. The number of allylic oxidation sites excluding steroid dienone is 1. The first kappa shape index (κ1) is 13.4. The molecule has 4 N–H and O–H groups in total. The minimum absolute atomic E-state index is 0.109. The number of thiazole rings is 1. The van der Waals surface area contributed by atoms with E-state index >= 15 is 0 Å². The smallest absolute Gasteiger partial charge is 0.265 e. The summed E-state index contributed by atoms with van der Waals surface area (Å²) in [6.07, 6.45) is 9.19. The molecule has 0 saturated heterocycles. The largest absolute Gasteiger partial charge is 0.382 e. The number of anilines is 2. The summed E-state index contributed by atoms with van der Waals surface area (Å²) in [6, 6.07) is 0.519. The van der Waals surface area contributed by atoms with Crippen LogP contribution in [0.25, 0.3) is 0 Å². The van der Waals surface area contributed by atoms with E-state index < -0.39 is 0 Å². The van der Waals surface area contributed by atoms with Crippen LogP contribution in [0.4, 0.5) is 10.9 Å². The fraction of sp³-hybridized carbons (Fsp3) is 0.571. The van der Waals surface area contributed by atoms with Crippen molar-refractivity contribution in [2.45, 2.75) is 44.6 Å². The third-order valence-electron chi connectivity index (χ3n) is 3.63. The van der Waals surface area contributed by atoms with E-state index in [4.69, 9.17) is 5.73 Å². The third-order valence-corrected chi connectivity index (χ3v) is 4.63. The number of aromatic nitrogens is 1. The number of hydrogen-bond acceptors (Lipinski definition) is 5. The molecule has 1 fully saturated rings. The van der Waals surface area contributed by atoms with Gasteiger partial charge in [0, 0.05) is 12.6 Å². The molecule has 0 radical (unpaired) electrons. The Morgan fingerprint density at radius 1 is 1.50 bits per heavy atom. The molecule has 6 heteroatoms. The Morgan fingerprint density at radius 2 is 2.35 bits per heavy atom. The van der Waals surface area contributed by atoms with E-state index in [2.05, 4.69) is 21.7 Å². The highest BCUT2D eigenvalue weighted by Crippen LogP contribution is 2.30. The summed E-state index contributed by atoms with van der Waals surface area (Å²) in [5, 5.41) is 6.96. The number of hydrogen-bond donors (Lipinski definition) is 3. The standard InChI is InChI=1S/C14H20N4OS/c15-12-11(20-14(18-12)17-10-5-6-10)13(19)16-8-7-9-3-1-2-4-9/h3,10H,1-2,4-8,15H2,(H,16,19)(H,17,18). The maximum Gasteiger partial charge on any atom is 0.265 e. The van der Waals surface area contributed by atoms with Crippen molar-refractivity contribution in [2.24, 2.45) is 0 Å². The minimum atomic E-state index is -0.109. The molecule has 0 atom stereocenters. The lowest BCUT2D eigenvalue weighted by Crippen LogP contribution is -2.24. The highest BCUT2D eigenvalue weighted by molar-refractivity contribution is 7.18. The molecule has 1 amide bonds. The predicted molar refractivity (Wildman–Crippen MR) is 82.1 cm³/mol. The van der Waals surface area contributed by atoms with Gasteiger partial charge in [-0.1, -0.05) is 23.0 Å². The maximum absolute atomic E-state index is 12.1.